The van der Waals surface area contributed by atoms with E-state index < -0.39 is 10.8 Å². The number of carbonyl (C=O) groups is 1. The molecule has 116 valence electrons. The Morgan fingerprint density at radius 2 is 2.04 bits per heavy atom. The number of thiophene rings is 1. The summed E-state index contributed by atoms with van der Waals surface area (Å²) in [6.07, 6.45) is 0. The van der Waals surface area contributed by atoms with Crippen LogP contribution in [0.1, 0.15) is 10.4 Å². The molecule has 0 fully saturated rings. The molecule has 3 aromatic rings. The van der Waals surface area contributed by atoms with Crippen molar-refractivity contribution in [1.82, 2.24) is 10.2 Å². The summed E-state index contributed by atoms with van der Waals surface area (Å²) < 4.78 is 5.86. The van der Waals surface area contributed by atoms with Crippen LogP contribution in [0.25, 0.3) is 10.8 Å². The lowest BCUT2D eigenvalue weighted by Gasteiger charge is -2.01. The highest BCUT2D eigenvalue weighted by Crippen LogP contribution is 2.30. The van der Waals surface area contributed by atoms with Crippen molar-refractivity contribution in [3.05, 3.63) is 56.4 Å². The van der Waals surface area contributed by atoms with E-state index in [0.717, 1.165) is 0 Å². The third-order valence-corrected chi connectivity index (χ3v) is 3.99. The first kappa shape index (κ1) is 15.1. The number of anilines is 1. The van der Waals surface area contributed by atoms with Crippen LogP contribution in [0.4, 0.5) is 11.7 Å². The maximum Gasteiger partial charge on any atom is 0.322 e. The van der Waals surface area contributed by atoms with Crippen LogP contribution in [0.2, 0.25) is 4.34 Å². The maximum absolute atomic E-state index is 12.1. The first-order chi connectivity index (χ1) is 11.0. The van der Waals surface area contributed by atoms with Gasteiger partial charge in [0.05, 0.1) is 14.1 Å². The number of para-hydroxylation sites is 1. The number of nitrogens with one attached hydrogen (secondary N) is 1. The summed E-state index contributed by atoms with van der Waals surface area (Å²) in [5, 5.41) is 20.7. The summed E-state index contributed by atoms with van der Waals surface area (Å²) in [5.41, 5.74) is -0.411. The summed E-state index contributed by atoms with van der Waals surface area (Å²) in [7, 11) is 0. The molecule has 23 heavy (non-hydrogen) atoms. The van der Waals surface area contributed by atoms with Gasteiger partial charge in [-0.25, -0.2) is 0 Å². The van der Waals surface area contributed by atoms with Gasteiger partial charge >= 0.3 is 6.01 Å². The fraction of sp³-hybridized carbons (Fsp3) is 0. The third-order valence-electron chi connectivity index (χ3n) is 2.77. The molecule has 0 aliphatic heterocycles. The van der Waals surface area contributed by atoms with Gasteiger partial charge in [-0.1, -0.05) is 28.8 Å². The zero-order chi connectivity index (χ0) is 16.4. The van der Waals surface area contributed by atoms with Crippen molar-refractivity contribution < 1.29 is 14.1 Å². The molecule has 0 atom stereocenters. The number of hydrogen-bond donors (Lipinski definition) is 1. The van der Waals surface area contributed by atoms with Crippen LogP contribution in [-0.4, -0.2) is 21.0 Å². The number of rotatable bonds is 4. The van der Waals surface area contributed by atoms with E-state index in [0.29, 0.717) is 9.21 Å². The van der Waals surface area contributed by atoms with Crippen LogP contribution in [-0.2, 0) is 0 Å². The molecule has 0 bridgehead atoms. The van der Waals surface area contributed by atoms with Crippen LogP contribution in [0.15, 0.2) is 40.8 Å². The van der Waals surface area contributed by atoms with Crippen LogP contribution in [0.5, 0.6) is 0 Å². The average molecular weight is 351 g/mol. The van der Waals surface area contributed by atoms with Gasteiger partial charge in [-0.05, 0) is 18.2 Å². The Labute approximate surface area is 137 Å². The van der Waals surface area contributed by atoms with Crippen LogP contribution < -0.4 is 5.32 Å². The maximum atomic E-state index is 12.1. The predicted octanol–water partition coefficient (Wildman–Crippen LogP) is 3.61. The third kappa shape index (κ3) is 3.20. The molecular weight excluding hydrogens is 344 g/mol. The highest BCUT2D eigenvalue weighted by atomic mass is 35.5. The quantitative estimate of drug-likeness (QED) is 0.568. The lowest BCUT2D eigenvalue weighted by molar-refractivity contribution is -0.385. The van der Waals surface area contributed by atoms with Gasteiger partial charge < -0.3 is 4.42 Å². The van der Waals surface area contributed by atoms with Crippen molar-refractivity contribution in [3.8, 4) is 10.8 Å². The SMILES string of the molecule is O=C(Nc1nnc(-c2ccc(Cl)s2)o1)c1ccccc1[N+](=O)[O-]. The molecule has 0 aliphatic rings. The second kappa shape index (κ2) is 6.15. The molecule has 1 N–H and O–H groups in total. The zero-order valence-corrected chi connectivity index (χ0v) is 12.8. The van der Waals surface area contributed by atoms with E-state index in [2.05, 4.69) is 15.5 Å². The standard InChI is InChI=1S/C13H7ClN4O4S/c14-10-6-5-9(23-10)12-16-17-13(22-12)15-11(19)7-3-1-2-4-8(7)18(20)21/h1-6H,(H,15,17,19). The number of nitro benzene ring substituents is 1. The predicted molar refractivity (Wildman–Crippen MR) is 83.7 cm³/mol. The molecule has 1 aromatic carbocycles. The van der Waals surface area contributed by atoms with Gasteiger partial charge in [0.2, 0.25) is 0 Å². The molecule has 1 amide bonds. The number of hydrogen-bond acceptors (Lipinski definition) is 7. The van der Waals surface area contributed by atoms with Gasteiger partial charge in [0.25, 0.3) is 17.5 Å². The Bertz CT molecular complexity index is 891. The van der Waals surface area contributed by atoms with Crippen molar-refractivity contribution in [1.29, 1.82) is 0 Å². The van der Waals surface area contributed by atoms with E-state index in [-0.39, 0.29) is 23.2 Å². The molecule has 2 heterocycles. The van der Waals surface area contributed by atoms with Crippen molar-refractivity contribution >= 4 is 40.5 Å². The van der Waals surface area contributed by atoms with Gasteiger partial charge in [-0.3, -0.25) is 20.2 Å². The van der Waals surface area contributed by atoms with Crippen molar-refractivity contribution in [3.63, 3.8) is 0 Å². The molecule has 8 nitrogen and oxygen atoms in total. The summed E-state index contributed by atoms with van der Waals surface area (Å²) in [6, 6.07) is 8.79. The van der Waals surface area contributed by atoms with Crippen molar-refractivity contribution in [2.45, 2.75) is 0 Å². The van der Waals surface area contributed by atoms with Crippen molar-refractivity contribution in [2.24, 2.45) is 0 Å². The fourth-order valence-corrected chi connectivity index (χ4v) is 2.76. The molecule has 2 aromatic heterocycles. The second-order valence-electron chi connectivity index (χ2n) is 4.24. The van der Waals surface area contributed by atoms with Gasteiger partial charge in [0.1, 0.15) is 5.56 Å². The second-order valence-corrected chi connectivity index (χ2v) is 5.96. The molecule has 0 aliphatic carbocycles. The summed E-state index contributed by atoms with van der Waals surface area (Å²) in [6.45, 7) is 0. The Balaban J connectivity index is 1.82. The van der Waals surface area contributed by atoms with E-state index in [4.69, 9.17) is 16.0 Å². The lowest BCUT2D eigenvalue weighted by atomic mass is 10.1. The summed E-state index contributed by atoms with van der Waals surface area (Å²) in [5.74, 6) is -0.517. The van der Waals surface area contributed by atoms with E-state index in [1.54, 1.807) is 12.1 Å². The Kier molecular flexibility index (Phi) is 4.04. The van der Waals surface area contributed by atoms with Gasteiger partial charge in [0, 0.05) is 6.07 Å². The minimum absolute atomic E-state index is 0.101. The molecular formula is C13H7ClN4O4S. The molecule has 3 rings (SSSR count). The highest BCUT2D eigenvalue weighted by Gasteiger charge is 2.21. The summed E-state index contributed by atoms with van der Waals surface area (Å²) in [4.78, 5) is 23.1. The van der Waals surface area contributed by atoms with Crippen molar-refractivity contribution in [2.75, 3.05) is 5.32 Å². The van der Waals surface area contributed by atoms with Gasteiger partial charge in [0.15, 0.2) is 0 Å². The lowest BCUT2D eigenvalue weighted by Crippen LogP contribution is -2.14. The fourth-order valence-electron chi connectivity index (χ4n) is 1.79. The first-order valence-corrected chi connectivity index (χ1v) is 7.38. The van der Waals surface area contributed by atoms with Crippen LogP contribution in [0, 0.1) is 10.1 Å². The molecule has 0 spiro atoms. The number of amides is 1. The minimum Gasteiger partial charge on any atom is -0.402 e. The summed E-state index contributed by atoms with van der Waals surface area (Å²) >= 11 is 7.07. The minimum atomic E-state index is -0.711. The van der Waals surface area contributed by atoms with Gasteiger partial charge in [-0.2, -0.15) is 0 Å². The Hall–Kier alpha value is -2.78. The Morgan fingerprint density at radius 1 is 1.26 bits per heavy atom. The van der Waals surface area contributed by atoms with Gasteiger partial charge in [-0.15, -0.1) is 16.4 Å². The highest BCUT2D eigenvalue weighted by molar-refractivity contribution is 7.19. The number of aromatic nitrogens is 2. The number of carbonyl (C=O) groups excluding carboxylic acids is 1. The molecule has 0 saturated carbocycles. The first-order valence-electron chi connectivity index (χ1n) is 6.18. The monoisotopic (exact) mass is 350 g/mol. The number of nitro groups is 1. The van der Waals surface area contributed by atoms with E-state index in [1.165, 1.54) is 35.6 Å². The molecule has 0 radical (unpaired) electrons. The smallest absolute Gasteiger partial charge is 0.322 e. The zero-order valence-electron chi connectivity index (χ0n) is 11.2. The van der Waals surface area contributed by atoms with Crippen LogP contribution >= 0.6 is 22.9 Å². The van der Waals surface area contributed by atoms with E-state index >= 15 is 0 Å². The number of benzene rings is 1. The largest absolute Gasteiger partial charge is 0.402 e. The Morgan fingerprint density at radius 3 is 2.74 bits per heavy atom. The van der Waals surface area contributed by atoms with E-state index in [9.17, 15) is 14.9 Å². The van der Waals surface area contributed by atoms with Crippen LogP contribution in [0.3, 0.4) is 0 Å². The normalized spacial score (nSPS) is 10.5. The molecule has 0 unspecified atom stereocenters. The topological polar surface area (TPSA) is 111 Å². The number of nitrogens with zero attached hydrogens (tertiary/aromatic N) is 3. The molecule has 10 heteroatoms. The van der Waals surface area contributed by atoms with E-state index in [1.807, 2.05) is 0 Å². The number of halogens is 1. The average Bonchev–Trinajstić information content (AvgIpc) is 3.16. The molecule has 0 saturated heterocycles.